The van der Waals surface area contributed by atoms with Crippen LogP contribution in [0.4, 0.5) is 0 Å². The van der Waals surface area contributed by atoms with E-state index < -0.39 is 0 Å². The molecule has 2 heterocycles. The number of fused-ring (bicyclic) bond motifs is 1. The van der Waals surface area contributed by atoms with Crippen molar-refractivity contribution < 1.29 is 9.53 Å². The van der Waals surface area contributed by atoms with Gasteiger partial charge in [-0.2, -0.15) is 0 Å². The lowest BCUT2D eigenvalue weighted by molar-refractivity contribution is -0.157. The van der Waals surface area contributed by atoms with Gasteiger partial charge in [-0.25, -0.2) is 0 Å². The van der Waals surface area contributed by atoms with Crippen molar-refractivity contribution in [3.8, 4) is 0 Å². The molecule has 0 saturated carbocycles. The molecule has 2 aliphatic rings. The van der Waals surface area contributed by atoms with Crippen LogP contribution in [0.15, 0.2) is 30.3 Å². The molecule has 0 unspecified atom stereocenters. The van der Waals surface area contributed by atoms with Crippen LogP contribution in [-0.2, 0) is 16.1 Å². The fourth-order valence-electron chi connectivity index (χ4n) is 3.95. The highest BCUT2D eigenvalue weighted by Crippen LogP contribution is 2.43. The van der Waals surface area contributed by atoms with Crippen molar-refractivity contribution in [2.24, 2.45) is 11.3 Å². The predicted molar refractivity (Wildman–Crippen MR) is 81.8 cm³/mol. The van der Waals surface area contributed by atoms with Crippen molar-refractivity contribution in [3.63, 3.8) is 0 Å². The number of benzene rings is 1. The Kier molecular flexibility index (Phi) is 4.00. The topological polar surface area (TPSA) is 32.8 Å². The molecule has 2 fully saturated rings. The number of rotatable bonds is 3. The first-order valence-electron chi connectivity index (χ1n) is 7.67. The molecule has 0 radical (unpaired) electrons. The molecule has 2 aliphatic heterocycles. The van der Waals surface area contributed by atoms with Gasteiger partial charge in [-0.3, -0.25) is 9.69 Å². The summed E-state index contributed by atoms with van der Waals surface area (Å²) in [6.07, 6.45) is 0.909. The Bertz CT molecular complexity index is 505. The highest BCUT2D eigenvalue weighted by atomic mass is 16.5. The van der Waals surface area contributed by atoms with Gasteiger partial charge >= 0.3 is 5.97 Å². The summed E-state index contributed by atoms with van der Waals surface area (Å²) in [4.78, 5) is 17.2. The Labute approximate surface area is 126 Å². The summed E-state index contributed by atoms with van der Waals surface area (Å²) in [6, 6.07) is 10.5. The number of piperidine rings is 1. The second kappa shape index (κ2) is 5.78. The lowest BCUT2D eigenvalue weighted by atomic mass is 9.72. The van der Waals surface area contributed by atoms with Crippen molar-refractivity contribution >= 4 is 5.97 Å². The van der Waals surface area contributed by atoms with Crippen molar-refractivity contribution in [2.75, 3.05) is 40.3 Å². The molecular weight excluding hydrogens is 264 g/mol. The van der Waals surface area contributed by atoms with Gasteiger partial charge in [0.1, 0.15) is 0 Å². The average Bonchev–Trinajstić information content (AvgIpc) is 2.85. The van der Waals surface area contributed by atoms with Crippen LogP contribution >= 0.6 is 0 Å². The third-order valence-electron chi connectivity index (χ3n) is 5.08. The maximum absolute atomic E-state index is 12.4. The van der Waals surface area contributed by atoms with E-state index in [-0.39, 0.29) is 11.4 Å². The van der Waals surface area contributed by atoms with Gasteiger partial charge in [-0.05, 0) is 25.6 Å². The molecule has 0 amide bonds. The second-order valence-corrected chi connectivity index (χ2v) is 6.51. The zero-order chi connectivity index (χ0) is 14.9. The van der Waals surface area contributed by atoms with Crippen LogP contribution in [0.3, 0.4) is 0 Å². The molecule has 4 nitrogen and oxygen atoms in total. The quantitative estimate of drug-likeness (QED) is 0.791. The largest absolute Gasteiger partial charge is 0.469 e. The smallest absolute Gasteiger partial charge is 0.313 e. The van der Waals surface area contributed by atoms with Crippen LogP contribution in [0.1, 0.15) is 12.0 Å². The number of likely N-dealkylation sites (tertiary alicyclic amines) is 2. The molecular formula is C17H24N2O2. The molecule has 0 N–H and O–H groups in total. The summed E-state index contributed by atoms with van der Waals surface area (Å²) >= 11 is 0. The number of esters is 1. The summed E-state index contributed by atoms with van der Waals surface area (Å²) in [7, 11) is 3.66. The lowest BCUT2D eigenvalue weighted by Crippen LogP contribution is -2.50. The third kappa shape index (κ3) is 2.70. The van der Waals surface area contributed by atoms with Crippen LogP contribution in [0.2, 0.25) is 0 Å². The minimum atomic E-state index is -0.296. The SMILES string of the molecule is COC(=O)[C@@]12CCN(C)C[C@@H]1CN(Cc1ccccc1)C2. The van der Waals surface area contributed by atoms with Crippen molar-refractivity contribution in [2.45, 2.75) is 13.0 Å². The van der Waals surface area contributed by atoms with Gasteiger partial charge in [0.15, 0.2) is 0 Å². The maximum atomic E-state index is 12.4. The molecule has 0 spiro atoms. The number of hydrogen-bond donors (Lipinski definition) is 0. The van der Waals surface area contributed by atoms with E-state index in [9.17, 15) is 4.79 Å². The Morgan fingerprint density at radius 3 is 2.81 bits per heavy atom. The number of methoxy groups -OCH3 is 1. The van der Waals surface area contributed by atoms with Gasteiger partial charge in [0.25, 0.3) is 0 Å². The average molecular weight is 288 g/mol. The summed E-state index contributed by atoms with van der Waals surface area (Å²) in [6.45, 7) is 4.69. The van der Waals surface area contributed by atoms with Gasteiger partial charge in [-0.1, -0.05) is 30.3 Å². The first-order chi connectivity index (χ1) is 10.1. The van der Waals surface area contributed by atoms with Gasteiger partial charge in [-0.15, -0.1) is 0 Å². The minimum absolute atomic E-state index is 0.0174. The van der Waals surface area contributed by atoms with Crippen LogP contribution in [-0.4, -0.2) is 56.1 Å². The number of ether oxygens (including phenoxy) is 1. The standard InChI is InChI=1S/C17H24N2O2/c1-18-9-8-17(16(20)21-2)13-19(12-15(17)11-18)10-14-6-4-3-5-7-14/h3-7,15H,8-13H2,1-2H3/t15-,17-/m1/s1. The molecule has 3 rings (SSSR count). The monoisotopic (exact) mass is 288 g/mol. The Balaban J connectivity index is 1.77. The zero-order valence-corrected chi connectivity index (χ0v) is 12.9. The fourth-order valence-corrected chi connectivity index (χ4v) is 3.95. The zero-order valence-electron chi connectivity index (χ0n) is 12.9. The Hall–Kier alpha value is -1.39. The van der Waals surface area contributed by atoms with E-state index in [1.54, 1.807) is 0 Å². The van der Waals surface area contributed by atoms with Crippen LogP contribution in [0.5, 0.6) is 0 Å². The van der Waals surface area contributed by atoms with Gasteiger partial charge in [0.2, 0.25) is 0 Å². The fraction of sp³-hybridized carbons (Fsp3) is 0.588. The summed E-state index contributed by atoms with van der Waals surface area (Å²) < 4.78 is 5.14. The molecule has 1 aromatic rings. The van der Waals surface area contributed by atoms with E-state index in [0.29, 0.717) is 5.92 Å². The van der Waals surface area contributed by atoms with E-state index in [2.05, 4.69) is 41.1 Å². The lowest BCUT2D eigenvalue weighted by Gasteiger charge is -2.39. The molecule has 1 aromatic carbocycles. The molecule has 2 saturated heterocycles. The van der Waals surface area contributed by atoms with E-state index in [1.165, 1.54) is 12.7 Å². The van der Waals surface area contributed by atoms with Gasteiger partial charge in [0.05, 0.1) is 12.5 Å². The number of nitrogens with zero attached hydrogens (tertiary/aromatic N) is 2. The van der Waals surface area contributed by atoms with E-state index in [1.807, 2.05) is 6.07 Å². The Morgan fingerprint density at radius 2 is 2.10 bits per heavy atom. The van der Waals surface area contributed by atoms with E-state index >= 15 is 0 Å². The third-order valence-corrected chi connectivity index (χ3v) is 5.08. The number of hydrogen-bond acceptors (Lipinski definition) is 4. The van der Waals surface area contributed by atoms with Crippen LogP contribution < -0.4 is 0 Å². The molecule has 21 heavy (non-hydrogen) atoms. The van der Waals surface area contributed by atoms with Crippen molar-refractivity contribution in [1.82, 2.24) is 9.80 Å². The normalized spacial score (nSPS) is 30.1. The van der Waals surface area contributed by atoms with E-state index in [4.69, 9.17) is 4.74 Å². The Morgan fingerprint density at radius 1 is 1.33 bits per heavy atom. The number of carbonyl (C=O) groups excluding carboxylic acids is 1. The van der Waals surface area contributed by atoms with Crippen molar-refractivity contribution in [3.05, 3.63) is 35.9 Å². The minimum Gasteiger partial charge on any atom is -0.469 e. The van der Waals surface area contributed by atoms with Gasteiger partial charge < -0.3 is 9.64 Å². The summed E-state index contributed by atoms with van der Waals surface area (Å²) in [5, 5.41) is 0. The first kappa shape index (κ1) is 14.5. The highest BCUT2D eigenvalue weighted by Gasteiger charge is 2.54. The first-order valence-corrected chi connectivity index (χ1v) is 7.67. The highest BCUT2D eigenvalue weighted by molar-refractivity contribution is 5.78. The molecule has 2 atom stereocenters. The molecule has 0 bridgehead atoms. The molecule has 0 aromatic heterocycles. The molecule has 4 heteroatoms. The summed E-state index contributed by atoms with van der Waals surface area (Å²) in [5.74, 6) is 0.364. The van der Waals surface area contributed by atoms with E-state index in [0.717, 1.165) is 39.1 Å². The molecule has 114 valence electrons. The maximum Gasteiger partial charge on any atom is 0.313 e. The van der Waals surface area contributed by atoms with Crippen molar-refractivity contribution in [1.29, 1.82) is 0 Å². The van der Waals surface area contributed by atoms with Gasteiger partial charge in [0, 0.05) is 32.1 Å². The number of carbonyl (C=O) groups is 1. The summed E-state index contributed by atoms with van der Waals surface area (Å²) in [5.41, 5.74) is 1.01. The molecule has 0 aliphatic carbocycles. The predicted octanol–water partition coefficient (Wildman–Crippen LogP) is 1.61. The second-order valence-electron chi connectivity index (χ2n) is 6.51. The van der Waals surface area contributed by atoms with Crippen LogP contribution in [0.25, 0.3) is 0 Å². The van der Waals surface area contributed by atoms with Crippen LogP contribution in [0, 0.1) is 11.3 Å².